The van der Waals surface area contributed by atoms with Gasteiger partial charge in [-0.05, 0) is 28.7 Å². The first-order valence-corrected chi connectivity index (χ1v) is 10.3. The quantitative estimate of drug-likeness (QED) is 0.625. The van der Waals surface area contributed by atoms with Crippen molar-refractivity contribution in [2.75, 3.05) is 5.32 Å². The number of nitrogens with one attached hydrogen (secondary N) is 2. The predicted octanol–water partition coefficient (Wildman–Crippen LogP) is 5.00. The average Bonchev–Trinajstić information content (AvgIpc) is 3.14. The minimum Gasteiger partial charge on any atom is -0.352 e. The van der Waals surface area contributed by atoms with E-state index in [-0.39, 0.29) is 17.2 Å². The van der Waals surface area contributed by atoms with E-state index in [1.165, 1.54) is 23.8 Å². The van der Waals surface area contributed by atoms with Gasteiger partial charge in [0.2, 0.25) is 5.91 Å². The highest BCUT2D eigenvalue weighted by molar-refractivity contribution is 7.14. The van der Waals surface area contributed by atoms with Crippen LogP contribution in [-0.2, 0) is 16.8 Å². The van der Waals surface area contributed by atoms with Crippen LogP contribution in [0.4, 0.5) is 5.13 Å². The van der Waals surface area contributed by atoms with Gasteiger partial charge in [-0.15, -0.1) is 11.3 Å². The molecule has 3 aromatic rings. The molecule has 5 nitrogen and oxygen atoms in total. The molecule has 6 heteroatoms. The van der Waals surface area contributed by atoms with Gasteiger partial charge in [0.1, 0.15) is 0 Å². The van der Waals surface area contributed by atoms with Crippen LogP contribution < -0.4 is 10.6 Å². The lowest BCUT2D eigenvalue weighted by atomic mass is 9.87. The van der Waals surface area contributed by atoms with Crippen molar-refractivity contribution in [1.29, 1.82) is 0 Å². The van der Waals surface area contributed by atoms with E-state index in [1.807, 2.05) is 53.9 Å². The molecular weight excluding hydrogens is 382 g/mol. The SMILES string of the molecule is CC(=O)NCc1ccc(-c2csc(NC(=O)c3ccc(C(C)(C)C)cc3)n2)cc1. The van der Waals surface area contributed by atoms with Crippen molar-refractivity contribution in [2.45, 2.75) is 39.7 Å². The molecule has 2 aromatic carbocycles. The Morgan fingerprint density at radius 2 is 1.66 bits per heavy atom. The zero-order valence-electron chi connectivity index (χ0n) is 17.1. The Morgan fingerprint density at radius 3 is 2.24 bits per heavy atom. The van der Waals surface area contributed by atoms with Crippen LogP contribution >= 0.6 is 11.3 Å². The third-order valence-corrected chi connectivity index (χ3v) is 5.29. The molecule has 2 N–H and O–H groups in total. The molecule has 1 heterocycles. The number of thiazole rings is 1. The molecule has 0 atom stereocenters. The van der Waals surface area contributed by atoms with Gasteiger partial charge in [0.05, 0.1) is 5.69 Å². The molecule has 0 saturated heterocycles. The van der Waals surface area contributed by atoms with Gasteiger partial charge in [-0.3, -0.25) is 14.9 Å². The second-order valence-corrected chi connectivity index (χ2v) is 8.78. The molecule has 0 unspecified atom stereocenters. The van der Waals surface area contributed by atoms with Gasteiger partial charge in [-0.1, -0.05) is 57.2 Å². The number of benzene rings is 2. The van der Waals surface area contributed by atoms with Gasteiger partial charge in [0, 0.05) is 30.0 Å². The summed E-state index contributed by atoms with van der Waals surface area (Å²) >= 11 is 1.39. The normalized spacial score (nSPS) is 11.2. The van der Waals surface area contributed by atoms with Crippen LogP contribution in [0, 0.1) is 0 Å². The molecule has 150 valence electrons. The second kappa shape index (κ2) is 8.57. The van der Waals surface area contributed by atoms with Crippen LogP contribution in [0.5, 0.6) is 0 Å². The molecule has 0 saturated carbocycles. The van der Waals surface area contributed by atoms with Crippen molar-refractivity contribution in [3.8, 4) is 11.3 Å². The van der Waals surface area contributed by atoms with E-state index in [4.69, 9.17) is 0 Å². The van der Waals surface area contributed by atoms with Crippen molar-refractivity contribution in [3.63, 3.8) is 0 Å². The van der Waals surface area contributed by atoms with E-state index in [2.05, 4.69) is 36.4 Å². The molecule has 3 rings (SSSR count). The summed E-state index contributed by atoms with van der Waals surface area (Å²) in [4.78, 5) is 28.0. The fourth-order valence-corrected chi connectivity index (χ4v) is 3.49. The largest absolute Gasteiger partial charge is 0.352 e. The summed E-state index contributed by atoms with van der Waals surface area (Å²) in [6.45, 7) is 8.43. The highest BCUT2D eigenvalue weighted by Gasteiger charge is 2.15. The summed E-state index contributed by atoms with van der Waals surface area (Å²) in [5, 5.41) is 8.13. The predicted molar refractivity (Wildman–Crippen MR) is 118 cm³/mol. The fraction of sp³-hybridized carbons (Fsp3) is 0.261. The molecule has 0 spiro atoms. The van der Waals surface area contributed by atoms with Crippen molar-refractivity contribution in [3.05, 3.63) is 70.6 Å². The minimum absolute atomic E-state index is 0.0525. The Kier molecular flexibility index (Phi) is 6.13. The van der Waals surface area contributed by atoms with E-state index in [1.54, 1.807) is 0 Å². The maximum atomic E-state index is 12.5. The van der Waals surface area contributed by atoms with Crippen LogP contribution in [0.2, 0.25) is 0 Å². The number of nitrogens with zero attached hydrogens (tertiary/aromatic N) is 1. The maximum absolute atomic E-state index is 12.5. The first-order chi connectivity index (χ1) is 13.7. The molecule has 0 aliphatic heterocycles. The zero-order chi connectivity index (χ0) is 21.0. The lowest BCUT2D eigenvalue weighted by Crippen LogP contribution is -2.18. The standard InChI is InChI=1S/C23H25N3O2S/c1-15(27)24-13-16-5-7-17(8-6-16)20-14-29-22(25-20)26-21(28)18-9-11-19(12-10-18)23(2,3)4/h5-12,14H,13H2,1-4H3,(H,24,27)(H,25,26,28). The van der Waals surface area contributed by atoms with Crippen LogP contribution in [0.25, 0.3) is 11.3 Å². The van der Waals surface area contributed by atoms with Gasteiger partial charge in [-0.25, -0.2) is 4.98 Å². The molecule has 0 bridgehead atoms. The van der Waals surface area contributed by atoms with Crippen molar-refractivity contribution in [1.82, 2.24) is 10.3 Å². The number of aromatic nitrogens is 1. The van der Waals surface area contributed by atoms with Gasteiger partial charge >= 0.3 is 0 Å². The van der Waals surface area contributed by atoms with Gasteiger partial charge in [-0.2, -0.15) is 0 Å². The third kappa shape index (κ3) is 5.51. The first kappa shape index (κ1) is 20.7. The molecule has 2 amide bonds. The number of hydrogen-bond donors (Lipinski definition) is 2. The number of anilines is 1. The Bertz CT molecular complexity index is 1000. The van der Waals surface area contributed by atoms with E-state index in [0.717, 1.165) is 16.8 Å². The first-order valence-electron chi connectivity index (χ1n) is 9.43. The molecule has 0 aliphatic rings. The number of amides is 2. The summed E-state index contributed by atoms with van der Waals surface area (Å²) < 4.78 is 0. The Balaban J connectivity index is 1.65. The maximum Gasteiger partial charge on any atom is 0.257 e. The topological polar surface area (TPSA) is 71.1 Å². The van der Waals surface area contributed by atoms with Crippen LogP contribution in [0.15, 0.2) is 53.9 Å². The molecule has 0 radical (unpaired) electrons. The molecule has 0 fully saturated rings. The number of carbonyl (C=O) groups excluding carboxylic acids is 2. The zero-order valence-corrected chi connectivity index (χ0v) is 17.9. The van der Waals surface area contributed by atoms with E-state index in [9.17, 15) is 9.59 Å². The Morgan fingerprint density at radius 1 is 1.00 bits per heavy atom. The Hall–Kier alpha value is -2.99. The van der Waals surface area contributed by atoms with E-state index < -0.39 is 0 Å². The second-order valence-electron chi connectivity index (χ2n) is 7.93. The number of carbonyl (C=O) groups is 2. The monoisotopic (exact) mass is 407 g/mol. The lowest BCUT2D eigenvalue weighted by molar-refractivity contribution is -0.119. The van der Waals surface area contributed by atoms with Gasteiger partial charge < -0.3 is 5.32 Å². The molecule has 1 aromatic heterocycles. The van der Waals surface area contributed by atoms with Crippen LogP contribution in [-0.4, -0.2) is 16.8 Å². The highest BCUT2D eigenvalue weighted by Crippen LogP contribution is 2.26. The van der Waals surface area contributed by atoms with Crippen LogP contribution in [0.3, 0.4) is 0 Å². The van der Waals surface area contributed by atoms with Gasteiger partial charge in [0.15, 0.2) is 5.13 Å². The molecule has 0 aliphatic carbocycles. The van der Waals surface area contributed by atoms with Crippen molar-refractivity contribution in [2.24, 2.45) is 0 Å². The highest BCUT2D eigenvalue weighted by atomic mass is 32.1. The van der Waals surface area contributed by atoms with E-state index >= 15 is 0 Å². The number of rotatable bonds is 5. The van der Waals surface area contributed by atoms with Crippen LogP contribution in [0.1, 0.15) is 49.2 Å². The average molecular weight is 408 g/mol. The molecule has 29 heavy (non-hydrogen) atoms. The molecular formula is C23H25N3O2S. The summed E-state index contributed by atoms with van der Waals surface area (Å²) in [5.74, 6) is -0.223. The van der Waals surface area contributed by atoms with E-state index in [0.29, 0.717) is 17.2 Å². The summed E-state index contributed by atoms with van der Waals surface area (Å²) in [6.07, 6.45) is 0. The Labute approximate surface area is 175 Å². The minimum atomic E-state index is -0.169. The summed E-state index contributed by atoms with van der Waals surface area (Å²) in [7, 11) is 0. The fourth-order valence-electron chi connectivity index (χ4n) is 2.77. The van der Waals surface area contributed by atoms with Crippen molar-refractivity contribution < 1.29 is 9.59 Å². The van der Waals surface area contributed by atoms with Gasteiger partial charge in [0.25, 0.3) is 5.91 Å². The smallest absolute Gasteiger partial charge is 0.257 e. The van der Waals surface area contributed by atoms with Crippen molar-refractivity contribution >= 4 is 28.3 Å². The summed E-state index contributed by atoms with van der Waals surface area (Å²) in [5.41, 5.74) is 4.63. The number of hydrogen-bond acceptors (Lipinski definition) is 4. The third-order valence-electron chi connectivity index (χ3n) is 4.53. The summed E-state index contributed by atoms with van der Waals surface area (Å²) in [6, 6.07) is 15.5. The lowest BCUT2D eigenvalue weighted by Gasteiger charge is -2.18.